The van der Waals surface area contributed by atoms with E-state index in [2.05, 4.69) is 10.6 Å². The largest absolute Gasteiger partial charge is 0.324 e. The molecule has 0 aromatic heterocycles. The fourth-order valence-electron chi connectivity index (χ4n) is 4.92. The van der Waals surface area contributed by atoms with E-state index in [0.29, 0.717) is 17.7 Å². The molecule has 2 saturated heterocycles. The Morgan fingerprint density at radius 1 is 1.19 bits per heavy atom. The van der Waals surface area contributed by atoms with E-state index in [0.717, 1.165) is 0 Å². The number of rotatable bonds is 3. The Labute approximate surface area is 157 Å². The van der Waals surface area contributed by atoms with Gasteiger partial charge in [-0.15, -0.1) is 0 Å². The molecule has 0 unspecified atom stereocenters. The van der Waals surface area contributed by atoms with E-state index < -0.39 is 29.1 Å². The zero-order valence-corrected chi connectivity index (χ0v) is 15.9. The highest BCUT2D eigenvalue weighted by molar-refractivity contribution is 6.15. The van der Waals surface area contributed by atoms with Crippen LogP contribution in [0.5, 0.6) is 0 Å². The molecule has 1 spiro atoms. The van der Waals surface area contributed by atoms with Gasteiger partial charge < -0.3 is 5.32 Å². The van der Waals surface area contributed by atoms with Crippen LogP contribution in [0.3, 0.4) is 0 Å². The first-order chi connectivity index (χ1) is 12.7. The molecule has 144 valence electrons. The van der Waals surface area contributed by atoms with Crippen LogP contribution in [0.2, 0.25) is 0 Å². The number of likely N-dealkylation sites (tertiary alicyclic amines) is 1. The summed E-state index contributed by atoms with van der Waals surface area (Å²) in [4.78, 5) is 41.0. The normalized spacial score (nSPS) is 33.0. The number of nitrogens with zero attached hydrogens (tertiary/aromatic N) is 1. The molecule has 0 aliphatic carbocycles. The molecule has 7 heteroatoms. The number of halogens is 1. The summed E-state index contributed by atoms with van der Waals surface area (Å²) >= 11 is 0. The van der Waals surface area contributed by atoms with E-state index in [4.69, 9.17) is 0 Å². The smallest absolute Gasteiger partial charge is 0.250 e. The number of hydrogen-bond acceptors (Lipinski definition) is 4. The lowest BCUT2D eigenvalue weighted by Crippen LogP contribution is -2.54. The van der Waals surface area contributed by atoms with E-state index in [9.17, 15) is 18.8 Å². The van der Waals surface area contributed by atoms with Gasteiger partial charge in [0.15, 0.2) is 0 Å². The molecule has 1 aromatic rings. The van der Waals surface area contributed by atoms with Crippen molar-refractivity contribution >= 4 is 23.4 Å². The van der Waals surface area contributed by atoms with Gasteiger partial charge in [-0.3, -0.25) is 24.6 Å². The number of anilines is 1. The maximum Gasteiger partial charge on any atom is 0.250 e. The Balaban J connectivity index is 1.92. The molecule has 3 aliphatic heterocycles. The van der Waals surface area contributed by atoms with Gasteiger partial charge in [-0.2, -0.15) is 0 Å². The first kappa shape index (κ1) is 18.1. The number of nitrogens with one attached hydrogen (secondary N) is 2. The van der Waals surface area contributed by atoms with Gasteiger partial charge in [0.2, 0.25) is 17.7 Å². The molecular weight excluding hydrogens is 349 g/mol. The van der Waals surface area contributed by atoms with Crippen molar-refractivity contribution in [1.82, 2.24) is 10.2 Å². The van der Waals surface area contributed by atoms with Gasteiger partial charge in [0.25, 0.3) is 0 Å². The lowest BCUT2D eigenvalue weighted by Gasteiger charge is -2.31. The van der Waals surface area contributed by atoms with Gasteiger partial charge in [-0.1, -0.05) is 20.8 Å². The molecule has 0 saturated carbocycles. The highest BCUT2D eigenvalue weighted by Crippen LogP contribution is 2.54. The summed E-state index contributed by atoms with van der Waals surface area (Å²) in [5.41, 5.74) is -0.511. The lowest BCUT2D eigenvalue weighted by atomic mass is 9.76. The van der Waals surface area contributed by atoms with E-state index >= 15 is 0 Å². The molecule has 2 N–H and O–H groups in total. The van der Waals surface area contributed by atoms with Crippen molar-refractivity contribution in [2.75, 3.05) is 5.32 Å². The van der Waals surface area contributed by atoms with Crippen molar-refractivity contribution in [3.05, 3.63) is 29.6 Å². The zero-order chi connectivity index (χ0) is 19.7. The van der Waals surface area contributed by atoms with Crippen LogP contribution in [-0.2, 0) is 19.9 Å². The summed E-state index contributed by atoms with van der Waals surface area (Å²) in [5, 5.41) is 6.07. The van der Waals surface area contributed by atoms with Crippen molar-refractivity contribution in [2.45, 2.75) is 51.7 Å². The number of carbonyl (C=O) groups excluding carboxylic acids is 3. The van der Waals surface area contributed by atoms with Crippen LogP contribution < -0.4 is 10.6 Å². The van der Waals surface area contributed by atoms with Crippen LogP contribution in [0.4, 0.5) is 10.1 Å². The lowest BCUT2D eigenvalue weighted by molar-refractivity contribution is -0.145. The molecule has 2 fully saturated rings. The molecule has 5 atom stereocenters. The Morgan fingerprint density at radius 3 is 2.52 bits per heavy atom. The first-order valence-electron chi connectivity index (χ1n) is 9.50. The molecule has 4 rings (SSSR count). The highest BCUT2D eigenvalue weighted by atomic mass is 19.1. The van der Waals surface area contributed by atoms with Crippen molar-refractivity contribution in [3.8, 4) is 0 Å². The molecule has 3 heterocycles. The summed E-state index contributed by atoms with van der Waals surface area (Å²) < 4.78 is 14.0. The Morgan fingerprint density at radius 2 is 1.89 bits per heavy atom. The summed E-state index contributed by atoms with van der Waals surface area (Å²) in [6, 6.07) is 3.49. The average molecular weight is 373 g/mol. The maximum atomic E-state index is 14.0. The SMILES string of the molecule is CC[C@H](C)N1C(=O)[C@@H]2[C@@H](C(C)C)N[C@@]3(C(=O)Nc4ccc(F)cc43)[C@@H]2C1=O. The molecule has 3 amide bonds. The number of imide groups is 1. The second kappa shape index (κ2) is 5.86. The molecule has 0 bridgehead atoms. The number of amides is 3. The second-order valence-corrected chi connectivity index (χ2v) is 8.17. The third-order valence-electron chi connectivity index (χ3n) is 6.40. The molecular formula is C20H24FN3O3. The van der Waals surface area contributed by atoms with Gasteiger partial charge in [0, 0.05) is 23.3 Å². The monoisotopic (exact) mass is 373 g/mol. The minimum absolute atomic E-state index is 0.0240. The number of carbonyl (C=O) groups is 3. The van der Waals surface area contributed by atoms with Gasteiger partial charge in [0.05, 0.1) is 11.8 Å². The van der Waals surface area contributed by atoms with E-state index in [1.165, 1.54) is 23.1 Å². The standard InChI is InChI=1S/C20H24FN3O3/c1-5-10(4)24-17(25)14-15(18(24)26)20(23-16(14)9(2)3)12-8-11(21)6-7-13(12)22-19(20)27/h6-10,14-16,23H,5H2,1-4H3,(H,22,27)/t10-,14-,15-,16+,20+/m0/s1. The van der Waals surface area contributed by atoms with Gasteiger partial charge in [-0.25, -0.2) is 4.39 Å². The number of hydrogen-bond donors (Lipinski definition) is 2. The number of fused-ring (bicyclic) bond motifs is 4. The topological polar surface area (TPSA) is 78.5 Å². The summed E-state index contributed by atoms with van der Waals surface area (Å²) in [6.07, 6.45) is 0.640. The summed E-state index contributed by atoms with van der Waals surface area (Å²) in [5.74, 6) is -2.93. The van der Waals surface area contributed by atoms with Crippen molar-refractivity contribution < 1.29 is 18.8 Å². The summed E-state index contributed by atoms with van der Waals surface area (Å²) in [7, 11) is 0. The van der Waals surface area contributed by atoms with Gasteiger partial charge >= 0.3 is 0 Å². The molecule has 0 radical (unpaired) electrons. The van der Waals surface area contributed by atoms with Crippen LogP contribution in [0.15, 0.2) is 18.2 Å². The highest BCUT2D eigenvalue weighted by Gasteiger charge is 2.71. The zero-order valence-electron chi connectivity index (χ0n) is 15.9. The second-order valence-electron chi connectivity index (χ2n) is 8.17. The first-order valence-corrected chi connectivity index (χ1v) is 9.50. The Kier molecular flexibility index (Phi) is 3.93. The Bertz CT molecular complexity index is 855. The Hall–Kier alpha value is -2.28. The van der Waals surface area contributed by atoms with Crippen LogP contribution in [0, 0.1) is 23.6 Å². The van der Waals surface area contributed by atoms with Crippen molar-refractivity contribution in [1.29, 1.82) is 0 Å². The molecule has 1 aromatic carbocycles. The van der Waals surface area contributed by atoms with Gasteiger partial charge in [-0.05, 0) is 37.5 Å². The minimum atomic E-state index is -1.41. The summed E-state index contributed by atoms with van der Waals surface area (Å²) in [6.45, 7) is 7.66. The molecule has 27 heavy (non-hydrogen) atoms. The van der Waals surface area contributed by atoms with Crippen LogP contribution in [0.1, 0.15) is 39.7 Å². The minimum Gasteiger partial charge on any atom is -0.324 e. The van der Waals surface area contributed by atoms with Crippen molar-refractivity contribution in [2.24, 2.45) is 17.8 Å². The fraction of sp³-hybridized carbons (Fsp3) is 0.550. The van der Waals surface area contributed by atoms with Crippen LogP contribution in [0.25, 0.3) is 0 Å². The predicted molar refractivity (Wildman–Crippen MR) is 97.1 cm³/mol. The molecule has 3 aliphatic rings. The third-order valence-corrected chi connectivity index (χ3v) is 6.40. The van der Waals surface area contributed by atoms with E-state index in [-0.39, 0.29) is 29.8 Å². The van der Waals surface area contributed by atoms with Crippen molar-refractivity contribution in [3.63, 3.8) is 0 Å². The van der Waals surface area contributed by atoms with Crippen LogP contribution in [-0.4, -0.2) is 34.7 Å². The predicted octanol–water partition coefficient (Wildman–Crippen LogP) is 2.00. The maximum absolute atomic E-state index is 14.0. The third kappa shape index (κ3) is 2.18. The van der Waals surface area contributed by atoms with E-state index in [1.807, 2.05) is 27.7 Å². The van der Waals surface area contributed by atoms with Crippen LogP contribution >= 0.6 is 0 Å². The average Bonchev–Trinajstić information content (AvgIpc) is 3.20. The quantitative estimate of drug-likeness (QED) is 0.795. The van der Waals surface area contributed by atoms with E-state index in [1.54, 1.807) is 0 Å². The van der Waals surface area contributed by atoms with Gasteiger partial charge in [0.1, 0.15) is 11.4 Å². The number of benzene rings is 1. The fourth-order valence-corrected chi connectivity index (χ4v) is 4.92. The molecule has 6 nitrogen and oxygen atoms in total.